The number of nitrogens with one attached hydrogen (secondary N) is 1. The van der Waals surface area contributed by atoms with Crippen LogP contribution in [0.3, 0.4) is 0 Å². The largest absolute Gasteiger partial charge is 0.619 e. The summed E-state index contributed by atoms with van der Waals surface area (Å²) in [5, 5.41) is 13.3. The highest BCUT2D eigenvalue weighted by Crippen LogP contribution is 2.23. The maximum atomic E-state index is 11.1. The number of aromatic nitrogens is 2. The van der Waals surface area contributed by atoms with Crippen LogP contribution >= 0.6 is 0 Å². The highest BCUT2D eigenvalue weighted by molar-refractivity contribution is 6.06. The van der Waals surface area contributed by atoms with Crippen LogP contribution in [0.15, 0.2) is 42.7 Å². The van der Waals surface area contributed by atoms with Crippen molar-refractivity contribution >= 4 is 21.8 Å². The molecule has 0 unspecified atom stereocenters. The van der Waals surface area contributed by atoms with Gasteiger partial charge in [0.25, 0.3) is 0 Å². The second-order valence-electron chi connectivity index (χ2n) is 3.30. The fourth-order valence-corrected chi connectivity index (χ4v) is 1.78. The van der Waals surface area contributed by atoms with E-state index in [1.807, 2.05) is 30.3 Å². The molecule has 0 atom stereocenters. The highest BCUT2D eigenvalue weighted by atomic mass is 16.5. The van der Waals surface area contributed by atoms with Crippen molar-refractivity contribution in [2.24, 2.45) is 0 Å². The van der Waals surface area contributed by atoms with Crippen LogP contribution in [0, 0.1) is 5.21 Å². The molecule has 1 N–H and O–H groups in total. The zero-order valence-corrected chi connectivity index (χ0v) is 7.40. The molecule has 3 aromatic rings. The van der Waals surface area contributed by atoms with Crippen LogP contribution in [-0.2, 0) is 0 Å². The van der Waals surface area contributed by atoms with Crippen molar-refractivity contribution in [1.82, 2.24) is 4.98 Å². The predicted molar refractivity (Wildman–Crippen MR) is 54.8 cm³/mol. The van der Waals surface area contributed by atoms with E-state index in [1.165, 1.54) is 6.20 Å². The summed E-state index contributed by atoms with van der Waals surface area (Å²) in [4.78, 5) is 3.20. The molecule has 0 amide bonds. The second kappa shape index (κ2) is 2.48. The Hall–Kier alpha value is -2.03. The molecular weight excluding hydrogens is 176 g/mol. The van der Waals surface area contributed by atoms with Gasteiger partial charge in [0.15, 0.2) is 6.20 Å². The van der Waals surface area contributed by atoms with E-state index in [4.69, 9.17) is 0 Å². The van der Waals surface area contributed by atoms with Crippen molar-refractivity contribution in [1.29, 1.82) is 0 Å². The quantitative estimate of drug-likeness (QED) is 0.421. The topological polar surface area (TPSA) is 42.7 Å². The molecule has 0 radical (unpaired) electrons. The summed E-state index contributed by atoms with van der Waals surface area (Å²) in [5.74, 6) is 0. The van der Waals surface area contributed by atoms with Crippen molar-refractivity contribution in [2.75, 3.05) is 0 Å². The summed E-state index contributed by atoms with van der Waals surface area (Å²) in [5.41, 5.74) is 1.94. The molecule has 0 aliphatic carbocycles. The minimum absolute atomic E-state index is 0.803. The average Bonchev–Trinajstić information content (AvgIpc) is 2.54. The molecule has 68 valence electrons. The first kappa shape index (κ1) is 7.38. The van der Waals surface area contributed by atoms with E-state index in [1.54, 1.807) is 6.20 Å². The van der Waals surface area contributed by atoms with E-state index in [9.17, 15) is 5.21 Å². The Labute approximate surface area is 80.2 Å². The van der Waals surface area contributed by atoms with E-state index >= 15 is 0 Å². The normalized spacial score (nSPS) is 11.1. The summed E-state index contributed by atoms with van der Waals surface area (Å²) in [6.45, 7) is 0. The van der Waals surface area contributed by atoms with E-state index in [2.05, 4.69) is 4.98 Å². The lowest BCUT2D eigenvalue weighted by Gasteiger charge is -1.93. The van der Waals surface area contributed by atoms with Crippen molar-refractivity contribution in [3.8, 4) is 0 Å². The van der Waals surface area contributed by atoms with Gasteiger partial charge in [-0.05, 0) is 6.07 Å². The molecule has 1 aromatic carbocycles. The van der Waals surface area contributed by atoms with E-state index in [-0.39, 0.29) is 0 Å². The number of hydrogen-bond donors (Lipinski definition) is 1. The average molecular weight is 184 g/mol. The molecule has 0 aliphatic heterocycles. The number of fused-ring (bicyclic) bond motifs is 3. The molecule has 3 nitrogen and oxygen atoms in total. The van der Waals surface area contributed by atoms with E-state index in [0.29, 0.717) is 0 Å². The molecular formula is C11H8N2O. The first-order valence-corrected chi connectivity index (χ1v) is 4.44. The Morgan fingerprint density at radius 2 is 1.79 bits per heavy atom. The Kier molecular flexibility index (Phi) is 1.31. The zero-order valence-electron chi connectivity index (χ0n) is 7.40. The molecule has 14 heavy (non-hydrogen) atoms. The van der Waals surface area contributed by atoms with Crippen molar-refractivity contribution in [2.45, 2.75) is 0 Å². The monoisotopic (exact) mass is 184 g/mol. The fraction of sp³-hybridized carbons (Fsp3) is 0. The maximum absolute atomic E-state index is 11.1. The summed E-state index contributed by atoms with van der Waals surface area (Å²) >= 11 is 0. The summed E-state index contributed by atoms with van der Waals surface area (Å²) in [6.07, 6.45) is 3.07. The van der Waals surface area contributed by atoms with Gasteiger partial charge < -0.3 is 10.2 Å². The molecule has 0 spiro atoms. The van der Waals surface area contributed by atoms with E-state index < -0.39 is 0 Å². The van der Waals surface area contributed by atoms with Gasteiger partial charge >= 0.3 is 0 Å². The lowest BCUT2D eigenvalue weighted by atomic mass is 10.2. The molecule has 3 heteroatoms. The molecule has 0 fully saturated rings. The Morgan fingerprint density at radius 1 is 1.00 bits per heavy atom. The van der Waals surface area contributed by atoms with Crippen LogP contribution in [0.1, 0.15) is 0 Å². The lowest BCUT2D eigenvalue weighted by molar-refractivity contribution is -0.603. The number of para-hydroxylation sites is 1. The number of nitrogens with zero attached hydrogens (tertiary/aromatic N) is 1. The minimum Gasteiger partial charge on any atom is -0.619 e. The van der Waals surface area contributed by atoms with Gasteiger partial charge in [0.05, 0.1) is 0 Å². The highest BCUT2D eigenvalue weighted by Gasteiger charge is 2.04. The number of H-pyrrole nitrogens is 1. The van der Waals surface area contributed by atoms with Gasteiger partial charge in [0.2, 0.25) is 6.20 Å². The number of benzene rings is 1. The number of pyridine rings is 1. The number of hydrogen-bond acceptors (Lipinski definition) is 1. The fourth-order valence-electron chi connectivity index (χ4n) is 1.78. The molecule has 2 aromatic heterocycles. The lowest BCUT2D eigenvalue weighted by Crippen LogP contribution is -2.23. The molecule has 0 saturated carbocycles. The standard InChI is InChI=1S/C11H8N2O/c14-13-6-5-9-8-3-1-2-4-10(8)12-11(9)7-13/h1-7,12H. The molecule has 0 aliphatic rings. The Bertz CT molecular complexity index is 613. The minimum atomic E-state index is 0.803. The molecule has 0 bridgehead atoms. The Balaban J connectivity index is 2.57. The smallest absolute Gasteiger partial charge is 0.204 e. The predicted octanol–water partition coefficient (Wildman–Crippen LogP) is 1.95. The summed E-state index contributed by atoms with van der Waals surface area (Å²) in [7, 11) is 0. The van der Waals surface area contributed by atoms with Crippen LogP contribution in [-0.4, -0.2) is 4.98 Å². The van der Waals surface area contributed by atoms with Gasteiger partial charge in [-0.2, -0.15) is 4.73 Å². The summed E-state index contributed by atoms with van der Waals surface area (Å²) < 4.78 is 0.803. The summed E-state index contributed by atoms with van der Waals surface area (Å²) in [6, 6.07) is 9.85. The van der Waals surface area contributed by atoms with Gasteiger partial charge in [-0.15, -0.1) is 0 Å². The van der Waals surface area contributed by atoms with Crippen LogP contribution in [0.2, 0.25) is 0 Å². The van der Waals surface area contributed by atoms with Crippen LogP contribution in [0.5, 0.6) is 0 Å². The van der Waals surface area contributed by atoms with Crippen LogP contribution in [0.25, 0.3) is 21.8 Å². The van der Waals surface area contributed by atoms with Crippen molar-refractivity contribution < 1.29 is 4.73 Å². The van der Waals surface area contributed by atoms with Crippen molar-refractivity contribution in [3.05, 3.63) is 47.9 Å². The van der Waals surface area contributed by atoms with Gasteiger partial charge in [-0.3, -0.25) is 0 Å². The first-order valence-electron chi connectivity index (χ1n) is 4.44. The van der Waals surface area contributed by atoms with Gasteiger partial charge in [0, 0.05) is 22.4 Å². The van der Waals surface area contributed by atoms with E-state index in [0.717, 1.165) is 26.5 Å². The van der Waals surface area contributed by atoms with Crippen LogP contribution < -0.4 is 4.73 Å². The molecule has 0 saturated heterocycles. The second-order valence-corrected chi connectivity index (χ2v) is 3.30. The Morgan fingerprint density at radius 3 is 2.71 bits per heavy atom. The third-order valence-electron chi connectivity index (χ3n) is 2.42. The number of rotatable bonds is 0. The SMILES string of the molecule is [O-][n+]1ccc2c(c1)[nH]c1ccccc12. The number of aromatic amines is 1. The molecule has 3 rings (SSSR count). The van der Waals surface area contributed by atoms with Crippen molar-refractivity contribution in [3.63, 3.8) is 0 Å². The van der Waals surface area contributed by atoms with Gasteiger partial charge in [-0.1, -0.05) is 18.2 Å². The maximum Gasteiger partial charge on any atom is 0.204 e. The third-order valence-corrected chi connectivity index (χ3v) is 2.42. The van der Waals surface area contributed by atoms with Crippen LogP contribution in [0.4, 0.5) is 0 Å². The third kappa shape index (κ3) is 0.893. The first-order chi connectivity index (χ1) is 6.84. The van der Waals surface area contributed by atoms with Gasteiger partial charge in [-0.25, -0.2) is 0 Å². The van der Waals surface area contributed by atoms with Gasteiger partial charge in [0.1, 0.15) is 5.52 Å². The zero-order chi connectivity index (χ0) is 9.54. The molecule has 2 heterocycles.